The Morgan fingerprint density at radius 2 is 2.30 bits per heavy atom. The molecule has 2 amide bonds. The number of aromatic nitrogens is 2. The van der Waals surface area contributed by atoms with E-state index in [1.165, 1.54) is 37.0 Å². The first-order chi connectivity index (χ1) is 14.3. The molecule has 3 rings (SSSR count). The van der Waals surface area contributed by atoms with Crippen LogP contribution in [0.5, 0.6) is 0 Å². The Labute approximate surface area is 178 Å². The Balaban J connectivity index is 1.54. The standard InChI is InChI=1S/C19H23ClFN4O4P/c1-13(21)14(20)3-2-7-29-11-16(26)24-19-4-8-30(12-19,17(27)9-19)25-18(28)15-10-22-5-6-23-15/h2-3,5-7,10,17,27,30H,1,4,8-9,11-12H2,(H,24,26)(H,25,28)/b7-2+,14-3+. The van der Waals surface area contributed by atoms with E-state index in [-0.39, 0.29) is 29.1 Å². The summed E-state index contributed by atoms with van der Waals surface area (Å²) in [5.74, 6) is -2.12. The Kier molecular flexibility index (Phi) is 6.85. The van der Waals surface area contributed by atoms with Crippen molar-refractivity contribution in [2.45, 2.75) is 24.2 Å². The van der Waals surface area contributed by atoms with Gasteiger partial charge in [0.25, 0.3) is 0 Å². The molecule has 2 saturated heterocycles. The van der Waals surface area contributed by atoms with Crippen LogP contribution in [-0.2, 0) is 9.53 Å². The van der Waals surface area contributed by atoms with Crippen molar-refractivity contribution in [3.05, 3.63) is 60.1 Å². The van der Waals surface area contributed by atoms with Gasteiger partial charge in [-0.2, -0.15) is 0 Å². The molecular formula is C19H23ClFN4O4P. The summed E-state index contributed by atoms with van der Waals surface area (Å²) >= 11 is 5.56. The van der Waals surface area contributed by atoms with Crippen LogP contribution in [0, 0.1) is 0 Å². The molecule has 3 N–H and O–H groups in total. The fourth-order valence-corrected chi connectivity index (χ4v) is 9.15. The van der Waals surface area contributed by atoms with Gasteiger partial charge < -0.3 is 0 Å². The van der Waals surface area contributed by atoms with Crippen LogP contribution < -0.4 is 10.4 Å². The molecule has 2 bridgehead atoms. The number of aliphatic hydroxyl groups is 1. The SMILES string of the molecule is C=C(F)/C(Cl)=C\C=C\OCC(=O)NC12CC[PH](NC(=O)c3cnccn3)(C1)C(O)C2. The number of hydrogen-bond donors (Lipinski definition) is 3. The van der Waals surface area contributed by atoms with Gasteiger partial charge in [0.05, 0.1) is 0 Å². The van der Waals surface area contributed by atoms with E-state index in [4.69, 9.17) is 16.3 Å². The average Bonchev–Trinajstić information content (AvgIpc) is 3.19. The topological polar surface area (TPSA) is 113 Å². The first kappa shape index (κ1) is 22.3. The first-order valence-electron chi connectivity index (χ1n) is 9.32. The number of nitrogens with one attached hydrogen (secondary N) is 2. The fourth-order valence-electron chi connectivity index (χ4n) is 4.05. The van der Waals surface area contributed by atoms with Crippen molar-refractivity contribution in [3.63, 3.8) is 0 Å². The number of amides is 2. The third-order valence-corrected chi connectivity index (χ3v) is 10.4. The molecule has 11 heteroatoms. The minimum absolute atomic E-state index is 0.158. The Morgan fingerprint density at radius 3 is 2.97 bits per heavy atom. The molecule has 2 aliphatic rings. The van der Waals surface area contributed by atoms with Gasteiger partial charge in [0, 0.05) is 0 Å². The number of carbonyl (C=O) groups is 2. The third kappa shape index (κ3) is 5.03. The van der Waals surface area contributed by atoms with Gasteiger partial charge in [-0.05, 0) is 0 Å². The molecule has 2 atom stereocenters. The molecule has 1 aromatic heterocycles. The second-order valence-electron chi connectivity index (χ2n) is 7.49. The van der Waals surface area contributed by atoms with E-state index in [0.717, 1.165) is 0 Å². The van der Waals surface area contributed by atoms with Crippen LogP contribution in [0.25, 0.3) is 0 Å². The van der Waals surface area contributed by atoms with Gasteiger partial charge in [-0.1, -0.05) is 0 Å². The number of ether oxygens (including phenoxy) is 1. The van der Waals surface area contributed by atoms with Crippen molar-refractivity contribution >= 4 is 30.8 Å². The van der Waals surface area contributed by atoms with Crippen molar-refractivity contribution in [2.24, 2.45) is 0 Å². The predicted molar refractivity (Wildman–Crippen MR) is 113 cm³/mol. The normalized spacial score (nSPS) is 25.7. The van der Waals surface area contributed by atoms with Crippen LogP contribution in [0.15, 0.2) is 54.4 Å². The molecule has 162 valence electrons. The summed E-state index contributed by atoms with van der Waals surface area (Å²) in [6.07, 6.45) is 10.4. The second kappa shape index (κ2) is 9.20. The molecule has 0 aliphatic carbocycles. The number of aliphatic hydroxyl groups excluding tert-OH is 1. The average molecular weight is 457 g/mol. The summed E-state index contributed by atoms with van der Waals surface area (Å²) in [7, 11) is -2.54. The molecule has 3 heterocycles. The molecule has 2 unspecified atom stereocenters. The van der Waals surface area contributed by atoms with Gasteiger partial charge in [0.15, 0.2) is 0 Å². The van der Waals surface area contributed by atoms with Gasteiger partial charge in [-0.15, -0.1) is 0 Å². The van der Waals surface area contributed by atoms with Crippen molar-refractivity contribution in [1.82, 2.24) is 20.4 Å². The van der Waals surface area contributed by atoms with E-state index in [2.05, 4.69) is 27.0 Å². The molecule has 2 aliphatic heterocycles. The number of fused-ring (bicyclic) bond motifs is 2. The number of rotatable bonds is 8. The number of halogens is 2. The van der Waals surface area contributed by atoms with E-state index < -0.39 is 24.6 Å². The molecule has 0 aromatic carbocycles. The number of carbonyl (C=O) groups excluding carboxylic acids is 2. The second-order valence-corrected chi connectivity index (χ2v) is 12.0. The summed E-state index contributed by atoms with van der Waals surface area (Å²) in [5, 5.41) is 16.5. The third-order valence-electron chi connectivity index (χ3n) is 5.38. The van der Waals surface area contributed by atoms with Gasteiger partial charge in [0.2, 0.25) is 0 Å². The van der Waals surface area contributed by atoms with Gasteiger partial charge in [-0.3, -0.25) is 0 Å². The van der Waals surface area contributed by atoms with Crippen LogP contribution in [0.2, 0.25) is 0 Å². The maximum absolute atomic E-state index is 12.7. The summed E-state index contributed by atoms with van der Waals surface area (Å²) < 4.78 is 17.8. The van der Waals surface area contributed by atoms with Crippen molar-refractivity contribution in [3.8, 4) is 0 Å². The van der Waals surface area contributed by atoms with Crippen LogP contribution in [0.4, 0.5) is 4.39 Å². The van der Waals surface area contributed by atoms with Gasteiger partial charge in [-0.25, -0.2) is 0 Å². The summed E-state index contributed by atoms with van der Waals surface area (Å²) in [6.45, 7) is 2.81. The fraction of sp³-hybridized carbons (Fsp3) is 0.368. The summed E-state index contributed by atoms with van der Waals surface area (Å²) in [5.41, 5.74) is -0.355. The van der Waals surface area contributed by atoms with E-state index in [9.17, 15) is 19.1 Å². The van der Waals surface area contributed by atoms with Crippen molar-refractivity contribution in [2.75, 3.05) is 18.9 Å². The minimum atomic E-state index is -2.54. The number of allylic oxidation sites excluding steroid dienone is 4. The van der Waals surface area contributed by atoms with E-state index in [1.54, 1.807) is 0 Å². The van der Waals surface area contributed by atoms with Crippen molar-refractivity contribution < 1.29 is 23.8 Å². The predicted octanol–water partition coefficient (Wildman–Crippen LogP) is 1.99. The van der Waals surface area contributed by atoms with E-state index in [0.29, 0.717) is 25.2 Å². The maximum atomic E-state index is 12.7. The number of hydrogen-bond acceptors (Lipinski definition) is 6. The molecular weight excluding hydrogens is 434 g/mol. The molecule has 0 radical (unpaired) electrons. The van der Waals surface area contributed by atoms with Crippen LogP contribution in [0.3, 0.4) is 0 Å². The Morgan fingerprint density at radius 1 is 1.50 bits per heavy atom. The summed E-state index contributed by atoms with van der Waals surface area (Å²) in [4.78, 5) is 32.7. The summed E-state index contributed by atoms with van der Waals surface area (Å²) in [6, 6.07) is 0. The Bertz CT molecular complexity index is 900. The van der Waals surface area contributed by atoms with Crippen LogP contribution in [0.1, 0.15) is 23.3 Å². The molecule has 0 saturated carbocycles. The first-order valence-corrected chi connectivity index (χ1v) is 12.2. The molecule has 2 fully saturated rings. The van der Waals surface area contributed by atoms with E-state index >= 15 is 0 Å². The molecule has 30 heavy (non-hydrogen) atoms. The Hall–Kier alpha value is -2.35. The van der Waals surface area contributed by atoms with Gasteiger partial charge in [0.1, 0.15) is 0 Å². The van der Waals surface area contributed by atoms with Crippen LogP contribution >= 0.6 is 19.0 Å². The number of nitrogens with zero attached hydrogens (tertiary/aromatic N) is 2. The molecule has 8 nitrogen and oxygen atoms in total. The van der Waals surface area contributed by atoms with Crippen molar-refractivity contribution in [1.29, 1.82) is 0 Å². The van der Waals surface area contributed by atoms with Gasteiger partial charge >= 0.3 is 178 Å². The zero-order chi connectivity index (χ0) is 21.8. The zero-order valence-corrected chi connectivity index (χ0v) is 17.9. The van der Waals surface area contributed by atoms with Crippen LogP contribution in [-0.4, -0.2) is 57.2 Å². The molecule has 0 spiro atoms. The quantitative estimate of drug-likeness (QED) is 0.313. The monoisotopic (exact) mass is 456 g/mol. The zero-order valence-electron chi connectivity index (χ0n) is 16.1. The van der Waals surface area contributed by atoms with E-state index in [1.807, 2.05) is 0 Å². The molecule has 1 aromatic rings.